The van der Waals surface area contributed by atoms with Crippen LogP contribution in [-0.2, 0) is 14.3 Å². The molecule has 0 unspecified atom stereocenters. The van der Waals surface area contributed by atoms with E-state index in [4.69, 9.17) is 9.47 Å². The molecule has 0 spiro atoms. The maximum atomic E-state index is 12.7. The topological polar surface area (TPSA) is 68.2 Å². The minimum absolute atomic E-state index is 0.0602. The Labute approximate surface area is 157 Å². The molecule has 6 nitrogen and oxygen atoms in total. The highest BCUT2D eigenvalue weighted by Gasteiger charge is 2.43. The molecular formula is C19H22N2O4S. The number of ether oxygens (including phenoxy) is 2. The van der Waals surface area contributed by atoms with Crippen LogP contribution in [0.3, 0.4) is 0 Å². The van der Waals surface area contributed by atoms with Crippen LogP contribution in [-0.4, -0.2) is 40.4 Å². The summed E-state index contributed by atoms with van der Waals surface area (Å²) < 4.78 is 10.9. The van der Waals surface area contributed by atoms with E-state index in [1.54, 1.807) is 25.7 Å². The van der Waals surface area contributed by atoms with Gasteiger partial charge in [0.2, 0.25) is 5.91 Å². The van der Waals surface area contributed by atoms with E-state index in [-0.39, 0.29) is 12.0 Å². The molecule has 2 aliphatic heterocycles. The molecule has 0 aromatic heterocycles. The van der Waals surface area contributed by atoms with Gasteiger partial charge in [-0.15, -0.1) is 0 Å². The van der Waals surface area contributed by atoms with Crippen molar-refractivity contribution < 1.29 is 19.1 Å². The Hall–Kier alpha value is -2.28. The number of hydrogen-bond acceptors (Lipinski definition) is 6. The van der Waals surface area contributed by atoms with Gasteiger partial charge in [0.1, 0.15) is 5.75 Å². The maximum Gasteiger partial charge on any atom is 0.338 e. The Morgan fingerprint density at radius 1 is 1.35 bits per heavy atom. The Bertz CT molecular complexity index is 783. The molecule has 0 N–H and O–H groups in total. The third-order valence-corrected chi connectivity index (χ3v) is 4.99. The van der Waals surface area contributed by atoms with E-state index in [1.165, 1.54) is 11.8 Å². The number of fused-ring (bicyclic) bond motifs is 1. The van der Waals surface area contributed by atoms with Crippen LogP contribution in [0, 0.1) is 0 Å². The van der Waals surface area contributed by atoms with Crippen molar-refractivity contribution in [3.8, 4) is 5.75 Å². The number of rotatable bonds is 5. The Morgan fingerprint density at radius 3 is 2.65 bits per heavy atom. The summed E-state index contributed by atoms with van der Waals surface area (Å²) in [7, 11) is 0. The number of carbonyl (C=O) groups excluding carboxylic acids is 2. The quantitative estimate of drug-likeness (QED) is 0.740. The Morgan fingerprint density at radius 2 is 2.04 bits per heavy atom. The zero-order valence-electron chi connectivity index (χ0n) is 15.3. The number of benzene rings is 1. The number of amidine groups is 1. The van der Waals surface area contributed by atoms with Crippen molar-refractivity contribution >= 4 is 28.8 Å². The van der Waals surface area contributed by atoms with Gasteiger partial charge in [0.25, 0.3) is 0 Å². The molecular weight excluding hydrogens is 352 g/mol. The van der Waals surface area contributed by atoms with Crippen LogP contribution in [0.25, 0.3) is 0 Å². The minimum Gasteiger partial charge on any atom is -0.494 e. The predicted molar refractivity (Wildman–Crippen MR) is 101 cm³/mol. The number of esters is 1. The number of nitrogens with zero attached hydrogens (tertiary/aromatic N) is 2. The zero-order valence-corrected chi connectivity index (χ0v) is 16.1. The molecule has 0 saturated carbocycles. The third-order valence-electron chi connectivity index (χ3n) is 4.05. The van der Waals surface area contributed by atoms with Crippen molar-refractivity contribution in [2.75, 3.05) is 12.4 Å². The smallest absolute Gasteiger partial charge is 0.338 e. The number of thioether (sulfide) groups is 1. The summed E-state index contributed by atoms with van der Waals surface area (Å²) in [6.45, 7) is 7.88. The lowest BCUT2D eigenvalue weighted by atomic mass is 9.94. The maximum absolute atomic E-state index is 12.7. The molecule has 26 heavy (non-hydrogen) atoms. The van der Waals surface area contributed by atoms with E-state index < -0.39 is 12.0 Å². The molecule has 1 fully saturated rings. The van der Waals surface area contributed by atoms with Crippen LogP contribution in [0.1, 0.15) is 39.3 Å². The zero-order chi connectivity index (χ0) is 18.8. The van der Waals surface area contributed by atoms with Crippen molar-refractivity contribution in [1.29, 1.82) is 0 Å². The molecule has 0 bridgehead atoms. The van der Waals surface area contributed by atoms with Gasteiger partial charge in [0.15, 0.2) is 5.17 Å². The molecule has 1 aromatic carbocycles. The number of hydrogen-bond donors (Lipinski definition) is 0. The number of carbonyl (C=O) groups is 2. The van der Waals surface area contributed by atoms with Gasteiger partial charge < -0.3 is 9.47 Å². The van der Waals surface area contributed by atoms with Gasteiger partial charge in [-0.05, 0) is 45.4 Å². The highest BCUT2D eigenvalue weighted by atomic mass is 32.2. The van der Waals surface area contributed by atoms with Gasteiger partial charge in [-0.3, -0.25) is 9.69 Å². The van der Waals surface area contributed by atoms with E-state index in [0.29, 0.717) is 28.8 Å². The largest absolute Gasteiger partial charge is 0.494 e. The molecule has 3 rings (SSSR count). The first kappa shape index (κ1) is 18.5. The van der Waals surface area contributed by atoms with E-state index in [0.717, 1.165) is 11.3 Å². The number of aliphatic imine (C=N–C) groups is 1. The lowest BCUT2D eigenvalue weighted by Crippen LogP contribution is -2.40. The SMILES string of the molecule is CCOc1ccc([C@H]2C(C(=O)OC(C)C)=C(C)N=C3SCC(=O)N32)cc1. The molecule has 0 radical (unpaired) electrons. The van der Waals surface area contributed by atoms with Crippen LogP contribution >= 0.6 is 11.8 Å². The molecule has 2 heterocycles. The number of allylic oxidation sites excluding steroid dienone is 1. The third kappa shape index (κ3) is 3.49. The fourth-order valence-corrected chi connectivity index (χ4v) is 3.95. The monoisotopic (exact) mass is 374 g/mol. The molecule has 1 atom stereocenters. The average molecular weight is 374 g/mol. The fourth-order valence-electron chi connectivity index (χ4n) is 3.01. The summed E-state index contributed by atoms with van der Waals surface area (Å²) in [5, 5.41) is 0.632. The van der Waals surface area contributed by atoms with Crippen molar-refractivity contribution in [2.24, 2.45) is 4.99 Å². The van der Waals surface area contributed by atoms with E-state index in [1.807, 2.05) is 31.2 Å². The van der Waals surface area contributed by atoms with Crippen molar-refractivity contribution in [1.82, 2.24) is 4.90 Å². The van der Waals surface area contributed by atoms with Crippen LogP contribution in [0.5, 0.6) is 5.75 Å². The van der Waals surface area contributed by atoms with Crippen LogP contribution in [0.2, 0.25) is 0 Å². The lowest BCUT2D eigenvalue weighted by Gasteiger charge is -2.33. The summed E-state index contributed by atoms with van der Waals surface area (Å²) in [5.74, 6) is 0.570. The predicted octanol–water partition coefficient (Wildman–Crippen LogP) is 3.30. The first-order chi connectivity index (χ1) is 12.4. The molecule has 2 aliphatic rings. The summed E-state index contributed by atoms with van der Waals surface area (Å²) in [6.07, 6.45) is -0.252. The van der Waals surface area contributed by atoms with E-state index in [2.05, 4.69) is 4.99 Å². The molecule has 1 amide bonds. The van der Waals surface area contributed by atoms with Crippen molar-refractivity contribution in [2.45, 2.75) is 39.8 Å². The van der Waals surface area contributed by atoms with Gasteiger partial charge in [0, 0.05) is 0 Å². The van der Waals surface area contributed by atoms with Crippen molar-refractivity contribution in [3.05, 3.63) is 41.1 Å². The summed E-state index contributed by atoms with van der Waals surface area (Å²) in [5.41, 5.74) is 1.82. The highest BCUT2D eigenvalue weighted by Crippen LogP contribution is 2.41. The van der Waals surface area contributed by atoms with Gasteiger partial charge in [-0.25, -0.2) is 9.79 Å². The Kier molecular flexibility index (Phi) is 5.36. The van der Waals surface area contributed by atoms with Gasteiger partial charge in [-0.2, -0.15) is 0 Å². The highest BCUT2D eigenvalue weighted by molar-refractivity contribution is 8.15. The fraction of sp³-hybridized carbons (Fsp3) is 0.421. The molecule has 1 saturated heterocycles. The normalized spacial score (nSPS) is 19.6. The second-order valence-corrected chi connectivity index (χ2v) is 7.25. The second-order valence-electron chi connectivity index (χ2n) is 6.30. The summed E-state index contributed by atoms with van der Waals surface area (Å²) >= 11 is 1.39. The summed E-state index contributed by atoms with van der Waals surface area (Å²) in [4.78, 5) is 31.3. The summed E-state index contributed by atoms with van der Waals surface area (Å²) in [6, 6.07) is 6.92. The van der Waals surface area contributed by atoms with Crippen LogP contribution in [0.15, 0.2) is 40.5 Å². The number of amides is 1. The molecule has 1 aromatic rings. The first-order valence-corrected chi connectivity index (χ1v) is 9.59. The Balaban J connectivity index is 2.05. The molecule has 7 heteroatoms. The first-order valence-electron chi connectivity index (χ1n) is 8.60. The van der Waals surface area contributed by atoms with Crippen molar-refractivity contribution in [3.63, 3.8) is 0 Å². The van der Waals surface area contributed by atoms with Crippen LogP contribution < -0.4 is 4.74 Å². The molecule has 138 valence electrons. The second kappa shape index (κ2) is 7.53. The van der Waals surface area contributed by atoms with E-state index >= 15 is 0 Å². The van der Waals surface area contributed by atoms with Gasteiger partial charge in [-0.1, -0.05) is 23.9 Å². The van der Waals surface area contributed by atoms with Gasteiger partial charge >= 0.3 is 5.97 Å². The van der Waals surface area contributed by atoms with E-state index in [9.17, 15) is 9.59 Å². The standard InChI is InChI=1S/C19H22N2O4S/c1-5-24-14-8-6-13(7-9-14)17-16(18(23)25-11(2)3)12(4)20-19-21(17)15(22)10-26-19/h6-9,11,17H,5,10H2,1-4H3/t17-/m0/s1. The van der Waals surface area contributed by atoms with Gasteiger partial charge in [0.05, 0.1) is 35.8 Å². The average Bonchev–Trinajstić information content (AvgIpc) is 2.94. The minimum atomic E-state index is -0.535. The van der Waals surface area contributed by atoms with Crippen LogP contribution in [0.4, 0.5) is 0 Å². The molecule has 0 aliphatic carbocycles. The lowest BCUT2D eigenvalue weighted by molar-refractivity contribution is -0.143.